The van der Waals surface area contributed by atoms with Crippen LogP contribution in [0.5, 0.6) is 0 Å². The smallest absolute Gasteiger partial charge is 0.191 e. The van der Waals surface area contributed by atoms with E-state index in [1.807, 2.05) is 30.3 Å². The van der Waals surface area contributed by atoms with Gasteiger partial charge in [-0.1, -0.05) is 30.3 Å². The minimum absolute atomic E-state index is 0.175. The third-order valence-corrected chi connectivity index (χ3v) is 4.13. The molecule has 0 saturated carbocycles. The topological polar surface area (TPSA) is 111 Å². The molecule has 4 N–H and O–H groups in total. The second-order valence-electron chi connectivity index (χ2n) is 5.71. The fraction of sp³-hybridized carbons (Fsp3) is 0.353. The maximum atomic E-state index is 12.2. The summed E-state index contributed by atoms with van der Waals surface area (Å²) in [5.74, 6) is 0.179. The van der Waals surface area contributed by atoms with E-state index in [9.17, 15) is 25.2 Å². The zero-order valence-electron chi connectivity index (χ0n) is 12.3. The Kier molecular flexibility index (Phi) is 4.32. The Morgan fingerprint density at radius 1 is 0.913 bits per heavy atom. The molecule has 0 amide bonds. The van der Waals surface area contributed by atoms with Gasteiger partial charge >= 0.3 is 0 Å². The highest BCUT2D eigenvalue weighted by atomic mass is 16.4. The summed E-state index contributed by atoms with van der Waals surface area (Å²) in [7, 11) is 0. The molecule has 1 aliphatic carbocycles. The number of rotatable bonds is 3. The van der Waals surface area contributed by atoms with Gasteiger partial charge in [0.1, 0.15) is 35.9 Å². The van der Waals surface area contributed by atoms with Crippen LogP contribution in [0.15, 0.2) is 45.6 Å². The molecule has 0 aliphatic heterocycles. The van der Waals surface area contributed by atoms with Crippen molar-refractivity contribution in [3.8, 4) is 0 Å². The summed E-state index contributed by atoms with van der Waals surface area (Å²) < 4.78 is 5.52. The molecule has 3 rings (SSSR count). The monoisotopic (exact) mass is 318 g/mol. The molecule has 1 aliphatic rings. The van der Waals surface area contributed by atoms with Crippen LogP contribution in [0, 0.1) is 0 Å². The lowest BCUT2D eigenvalue weighted by atomic mass is 9.87. The fourth-order valence-corrected chi connectivity index (χ4v) is 2.82. The SMILES string of the molecule is O=c1cc(CCc2ccccc2)oc2c1[C@H](O)[C@H](O)[C@H](O)[C@H]2O. The van der Waals surface area contributed by atoms with E-state index in [-0.39, 0.29) is 11.3 Å². The Balaban J connectivity index is 1.91. The lowest BCUT2D eigenvalue weighted by Gasteiger charge is -2.32. The average molecular weight is 318 g/mol. The van der Waals surface area contributed by atoms with Gasteiger partial charge in [0.25, 0.3) is 0 Å². The summed E-state index contributed by atoms with van der Waals surface area (Å²) in [6, 6.07) is 10.9. The van der Waals surface area contributed by atoms with Gasteiger partial charge in [-0.2, -0.15) is 0 Å². The van der Waals surface area contributed by atoms with Gasteiger partial charge in [0.15, 0.2) is 5.43 Å². The van der Waals surface area contributed by atoms with Crippen molar-refractivity contribution in [1.29, 1.82) is 0 Å². The summed E-state index contributed by atoms with van der Waals surface area (Å²) in [6.45, 7) is 0. The molecular weight excluding hydrogens is 300 g/mol. The van der Waals surface area contributed by atoms with Crippen molar-refractivity contribution in [3.63, 3.8) is 0 Å². The van der Waals surface area contributed by atoms with Gasteiger partial charge in [-0.25, -0.2) is 0 Å². The van der Waals surface area contributed by atoms with E-state index in [0.717, 1.165) is 5.56 Å². The molecule has 0 fully saturated rings. The van der Waals surface area contributed by atoms with Crippen molar-refractivity contribution in [1.82, 2.24) is 0 Å². The van der Waals surface area contributed by atoms with E-state index in [0.29, 0.717) is 18.6 Å². The maximum Gasteiger partial charge on any atom is 0.191 e. The molecule has 122 valence electrons. The van der Waals surface area contributed by atoms with Gasteiger partial charge in [0.2, 0.25) is 0 Å². The first-order chi connectivity index (χ1) is 11.0. The first kappa shape index (κ1) is 15.9. The van der Waals surface area contributed by atoms with Crippen molar-refractivity contribution in [2.45, 2.75) is 37.3 Å². The Labute approximate surface area is 132 Å². The highest BCUT2D eigenvalue weighted by molar-refractivity contribution is 5.29. The average Bonchev–Trinajstić information content (AvgIpc) is 2.56. The summed E-state index contributed by atoms with van der Waals surface area (Å²) in [6.07, 6.45) is -5.28. The summed E-state index contributed by atoms with van der Waals surface area (Å²) in [5.41, 5.74) is 0.356. The molecule has 6 heteroatoms. The number of fused-ring (bicyclic) bond motifs is 1. The molecular formula is C17H18O6. The van der Waals surface area contributed by atoms with Crippen LogP contribution in [0.1, 0.15) is 34.9 Å². The van der Waals surface area contributed by atoms with E-state index in [2.05, 4.69) is 0 Å². The van der Waals surface area contributed by atoms with E-state index in [1.54, 1.807) is 0 Å². The number of hydrogen-bond acceptors (Lipinski definition) is 6. The molecule has 1 aromatic heterocycles. The highest BCUT2D eigenvalue weighted by Gasteiger charge is 2.43. The Bertz CT molecular complexity index is 738. The molecule has 1 aromatic carbocycles. The van der Waals surface area contributed by atoms with Crippen LogP contribution in [0.4, 0.5) is 0 Å². The van der Waals surface area contributed by atoms with Gasteiger partial charge in [-0.15, -0.1) is 0 Å². The third-order valence-electron chi connectivity index (χ3n) is 4.13. The van der Waals surface area contributed by atoms with Crippen LogP contribution in [-0.4, -0.2) is 32.6 Å². The Morgan fingerprint density at radius 2 is 1.57 bits per heavy atom. The zero-order valence-corrected chi connectivity index (χ0v) is 12.3. The number of aryl methyl sites for hydroxylation is 2. The quantitative estimate of drug-likeness (QED) is 0.644. The third kappa shape index (κ3) is 2.94. The van der Waals surface area contributed by atoms with Crippen LogP contribution >= 0.6 is 0 Å². The summed E-state index contributed by atoms with van der Waals surface area (Å²) >= 11 is 0. The number of benzene rings is 1. The highest BCUT2D eigenvalue weighted by Crippen LogP contribution is 2.35. The van der Waals surface area contributed by atoms with Gasteiger partial charge in [-0.3, -0.25) is 4.79 Å². The van der Waals surface area contributed by atoms with E-state index >= 15 is 0 Å². The number of aliphatic hydroxyl groups excluding tert-OH is 4. The Hall–Kier alpha value is -1.99. The molecule has 23 heavy (non-hydrogen) atoms. The van der Waals surface area contributed by atoms with E-state index < -0.39 is 29.8 Å². The fourth-order valence-electron chi connectivity index (χ4n) is 2.82. The van der Waals surface area contributed by atoms with Gasteiger partial charge in [0.05, 0.1) is 5.56 Å². The number of aliphatic hydroxyl groups is 4. The lowest BCUT2D eigenvalue weighted by Crippen LogP contribution is -2.44. The standard InChI is InChI=1S/C17H18O6/c18-11-8-10(7-6-9-4-2-1-3-5-9)23-17-12(11)13(19)14(20)15(21)16(17)22/h1-5,8,13-16,19-22H,6-7H2/t13-,14-,15-,16+/m0/s1. The van der Waals surface area contributed by atoms with Crippen molar-refractivity contribution < 1.29 is 24.8 Å². The van der Waals surface area contributed by atoms with E-state index in [4.69, 9.17) is 4.42 Å². The largest absolute Gasteiger partial charge is 0.463 e. The van der Waals surface area contributed by atoms with Crippen LogP contribution in [0.25, 0.3) is 0 Å². The Morgan fingerprint density at radius 3 is 2.26 bits per heavy atom. The maximum absolute atomic E-state index is 12.2. The molecule has 1 heterocycles. The molecule has 0 saturated heterocycles. The first-order valence-corrected chi connectivity index (χ1v) is 7.42. The zero-order chi connectivity index (χ0) is 16.6. The van der Waals surface area contributed by atoms with Crippen LogP contribution in [-0.2, 0) is 12.8 Å². The molecule has 0 unspecified atom stereocenters. The van der Waals surface area contributed by atoms with Crippen molar-refractivity contribution in [2.24, 2.45) is 0 Å². The van der Waals surface area contributed by atoms with Crippen molar-refractivity contribution in [2.75, 3.05) is 0 Å². The molecule has 6 nitrogen and oxygen atoms in total. The molecule has 0 bridgehead atoms. The van der Waals surface area contributed by atoms with Crippen LogP contribution in [0.2, 0.25) is 0 Å². The second kappa shape index (κ2) is 6.25. The van der Waals surface area contributed by atoms with Crippen LogP contribution in [0.3, 0.4) is 0 Å². The van der Waals surface area contributed by atoms with Crippen molar-refractivity contribution in [3.05, 3.63) is 69.3 Å². The number of hydrogen-bond donors (Lipinski definition) is 4. The lowest BCUT2D eigenvalue weighted by molar-refractivity contribution is -0.128. The predicted octanol–water partition coefficient (Wildman–Crippen LogP) is 0.227. The molecule has 2 aromatic rings. The van der Waals surface area contributed by atoms with Crippen LogP contribution < -0.4 is 5.43 Å². The van der Waals surface area contributed by atoms with E-state index in [1.165, 1.54) is 6.07 Å². The molecule has 4 atom stereocenters. The van der Waals surface area contributed by atoms with Crippen molar-refractivity contribution >= 4 is 0 Å². The van der Waals surface area contributed by atoms with Gasteiger partial charge in [0, 0.05) is 12.5 Å². The minimum Gasteiger partial charge on any atom is -0.463 e. The summed E-state index contributed by atoms with van der Waals surface area (Å²) in [5, 5.41) is 39.3. The minimum atomic E-state index is -1.63. The predicted molar refractivity (Wildman–Crippen MR) is 80.8 cm³/mol. The van der Waals surface area contributed by atoms with Gasteiger partial charge in [-0.05, 0) is 12.0 Å². The second-order valence-corrected chi connectivity index (χ2v) is 5.71. The normalized spacial score (nSPS) is 26.8. The summed E-state index contributed by atoms with van der Waals surface area (Å²) in [4.78, 5) is 12.2. The molecule has 0 spiro atoms. The molecule has 0 radical (unpaired) electrons. The van der Waals surface area contributed by atoms with Gasteiger partial charge < -0.3 is 24.8 Å². The first-order valence-electron chi connectivity index (χ1n) is 7.42.